The van der Waals surface area contributed by atoms with Gasteiger partial charge in [-0.2, -0.15) is 0 Å². The topological polar surface area (TPSA) is 110 Å². The largest absolute Gasteiger partial charge is 0.469 e. The van der Waals surface area contributed by atoms with Crippen molar-refractivity contribution in [3.8, 4) is 0 Å². The summed E-state index contributed by atoms with van der Waals surface area (Å²) < 4.78 is 4.65. The molecule has 0 aromatic carbocycles. The van der Waals surface area contributed by atoms with Crippen LogP contribution < -0.4 is 5.32 Å². The van der Waals surface area contributed by atoms with E-state index in [1.165, 1.54) is 7.11 Å². The Balaban J connectivity index is 0.000000342. The van der Waals surface area contributed by atoms with Gasteiger partial charge < -0.3 is 15.2 Å². The van der Waals surface area contributed by atoms with Gasteiger partial charge in [0.15, 0.2) is 0 Å². The van der Waals surface area contributed by atoms with Gasteiger partial charge in [-0.05, 0) is 50.4 Å². The highest BCUT2D eigenvalue weighted by molar-refractivity contribution is 5.85. The molecule has 7 heteroatoms. The molecule has 0 bridgehead atoms. The molecule has 0 aromatic rings. The summed E-state index contributed by atoms with van der Waals surface area (Å²) in [5.41, 5.74) is 0. The van der Waals surface area contributed by atoms with Crippen LogP contribution in [-0.2, 0) is 23.9 Å². The molecule has 2 aliphatic rings. The number of methoxy groups -OCH3 is 1. The lowest BCUT2D eigenvalue weighted by molar-refractivity contribution is -0.142. The van der Waals surface area contributed by atoms with E-state index in [1.54, 1.807) is 0 Å². The number of aliphatic hydroxyl groups is 1. The number of aliphatic hydroxyl groups excluding tert-OH is 1. The molecule has 2 N–H and O–H groups in total. The van der Waals surface area contributed by atoms with Crippen LogP contribution in [0.3, 0.4) is 0 Å². The van der Waals surface area contributed by atoms with Crippen molar-refractivity contribution in [3.63, 3.8) is 0 Å². The van der Waals surface area contributed by atoms with Crippen LogP contribution >= 0.6 is 0 Å². The number of amides is 1. The van der Waals surface area contributed by atoms with E-state index in [0.717, 1.165) is 38.5 Å². The number of Topliss-reactive ketones (excluding diaryl/α,β-unsaturated/α-hetero) is 2. The summed E-state index contributed by atoms with van der Waals surface area (Å²) in [6.45, 7) is 4.38. The van der Waals surface area contributed by atoms with E-state index in [1.807, 2.05) is 6.08 Å². The molecule has 0 aromatic heterocycles. The number of carbonyl (C=O) groups is 4. The molecule has 2 saturated carbocycles. The van der Waals surface area contributed by atoms with E-state index >= 15 is 0 Å². The number of ether oxygens (including phenoxy) is 1. The van der Waals surface area contributed by atoms with Crippen molar-refractivity contribution in [1.82, 2.24) is 5.32 Å². The molecule has 4 atom stereocenters. The third-order valence-electron chi connectivity index (χ3n) is 6.61. The standard InChI is InChI=1S/C14H23NO3.C13H20O3/c1-2-3-4-5-12-11(6-7-13(12)17)10-14(18)15-8-9-16;1-3-4-5-6-11-10(7-8-12(11)14)9-13(15)16-2/h3-4,11-12,16H,2,5-10H2,1H3,(H,15,18);4-5,10-11H,3,6-9H2,1-2H3/b4-3-;5-4-/t11-,12-;10-,11-/m11/s1. The number of rotatable bonds is 12. The van der Waals surface area contributed by atoms with Gasteiger partial charge in [0.05, 0.1) is 13.7 Å². The van der Waals surface area contributed by atoms with Gasteiger partial charge >= 0.3 is 5.97 Å². The molecule has 0 heterocycles. The number of nitrogens with one attached hydrogen (secondary N) is 1. The number of ketones is 2. The zero-order valence-electron chi connectivity index (χ0n) is 21.1. The van der Waals surface area contributed by atoms with Gasteiger partial charge in [-0.15, -0.1) is 0 Å². The molecule has 7 nitrogen and oxygen atoms in total. The highest BCUT2D eigenvalue weighted by atomic mass is 16.5. The van der Waals surface area contributed by atoms with E-state index in [9.17, 15) is 19.2 Å². The van der Waals surface area contributed by atoms with Crippen LogP contribution in [-0.4, -0.2) is 48.8 Å². The van der Waals surface area contributed by atoms with Gasteiger partial charge in [0.25, 0.3) is 0 Å². The molecule has 0 saturated heterocycles. The summed E-state index contributed by atoms with van der Waals surface area (Å²) in [7, 11) is 1.39. The third kappa shape index (κ3) is 10.8. The number of esters is 1. The fourth-order valence-corrected chi connectivity index (χ4v) is 4.71. The summed E-state index contributed by atoms with van der Waals surface area (Å²) in [5, 5.41) is 11.3. The van der Waals surface area contributed by atoms with E-state index in [-0.39, 0.29) is 47.9 Å². The number of hydrogen-bond acceptors (Lipinski definition) is 6. The fraction of sp³-hybridized carbons (Fsp3) is 0.704. The predicted octanol–water partition coefficient (Wildman–Crippen LogP) is 3.94. The summed E-state index contributed by atoms with van der Waals surface area (Å²) in [6, 6.07) is 0. The minimum absolute atomic E-state index is 0.00711. The van der Waals surface area contributed by atoms with Crippen molar-refractivity contribution < 1.29 is 29.0 Å². The molecule has 2 fully saturated rings. The monoisotopic (exact) mass is 477 g/mol. The number of allylic oxidation sites excluding steroid dienone is 4. The molecule has 0 radical (unpaired) electrons. The molecule has 1 amide bonds. The predicted molar refractivity (Wildman–Crippen MR) is 132 cm³/mol. The Morgan fingerprint density at radius 2 is 1.41 bits per heavy atom. The van der Waals surface area contributed by atoms with Crippen molar-refractivity contribution in [1.29, 1.82) is 0 Å². The Labute approximate surface area is 204 Å². The smallest absolute Gasteiger partial charge is 0.305 e. The van der Waals surface area contributed by atoms with Crippen molar-refractivity contribution >= 4 is 23.4 Å². The molecule has 34 heavy (non-hydrogen) atoms. The SMILES string of the molecule is CC/C=C\C[C@H]1C(=O)CC[C@@H]1CC(=O)NCCO.CC/C=C\C[C@H]1C(=O)CC[C@@H]1CC(=O)OC. The van der Waals surface area contributed by atoms with Gasteiger partial charge in [-0.3, -0.25) is 19.2 Å². The molecule has 2 rings (SSSR count). The first-order chi connectivity index (χ1) is 16.4. The first-order valence-electron chi connectivity index (χ1n) is 12.7. The van der Waals surface area contributed by atoms with Crippen molar-refractivity contribution in [2.24, 2.45) is 23.7 Å². The van der Waals surface area contributed by atoms with Crippen LogP contribution in [0, 0.1) is 23.7 Å². The van der Waals surface area contributed by atoms with Crippen LogP contribution in [0.4, 0.5) is 0 Å². The maximum atomic E-state index is 11.8. The molecule has 0 spiro atoms. The van der Waals surface area contributed by atoms with Crippen molar-refractivity contribution in [2.75, 3.05) is 20.3 Å². The Kier molecular flexibility index (Phi) is 15.0. The normalized spacial score (nSPS) is 24.5. The Morgan fingerprint density at radius 1 is 0.912 bits per heavy atom. The summed E-state index contributed by atoms with van der Waals surface area (Å²) >= 11 is 0. The van der Waals surface area contributed by atoms with E-state index in [2.05, 4.69) is 42.1 Å². The second-order valence-electron chi connectivity index (χ2n) is 9.03. The second kappa shape index (κ2) is 17.2. The zero-order valence-corrected chi connectivity index (χ0v) is 21.1. The highest BCUT2D eigenvalue weighted by Crippen LogP contribution is 2.35. The quantitative estimate of drug-likeness (QED) is 0.325. The minimum Gasteiger partial charge on any atom is -0.469 e. The maximum absolute atomic E-state index is 11.8. The summed E-state index contributed by atoms with van der Waals surface area (Å²) in [5.74, 6) is 0.705. The number of carbonyl (C=O) groups excluding carboxylic acids is 4. The lowest BCUT2D eigenvalue weighted by Crippen LogP contribution is -2.29. The zero-order chi connectivity index (χ0) is 25.3. The van der Waals surface area contributed by atoms with Gasteiger partial charge in [0.1, 0.15) is 11.6 Å². The second-order valence-corrected chi connectivity index (χ2v) is 9.03. The third-order valence-corrected chi connectivity index (χ3v) is 6.61. The molecular formula is C27H43NO6. The highest BCUT2D eigenvalue weighted by Gasteiger charge is 2.35. The molecule has 0 aliphatic heterocycles. The van der Waals surface area contributed by atoms with Gasteiger partial charge in [-0.25, -0.2) is 0 Å². The van der Waals surface area contributed by atoms with Crippen LogP contribution in [0.25, 0.3) is 0 Å². The molecule has 0 unspecified atom stereocenters. The molecule has 192 valence electrons. The summed E-state index contributed by atoms with van der Waals surface area (Å²) in [6.07, 6.45) is 15.4. The Hall–Kier alpha value is -2.28. The summed E-state index contributed by atoms with van der Waals surface area (Å²) in [4.78, 5) is 46.2. The Bertz CT molecular complexity index is 714. The lowest BCUT2D eigenvalue weighted by Gasteiger charge is -2.16. The number of hydrogen-bond donors (Lipinski definition) is 2. The van der Waals surface area contributed by atoms with E-state index < -0.39 is 0 Å². The first kappa shape index (κ1) is 29.8. The molecule has 2 aliphatic carbocycles. The average molecular weight is 478 g/mol. The minimum atomic E-state index is -0.204. The van der Waals surface area contributed by atoms with Gasteiger partial charge in [0, 0.05) is 44.1 Å². The van der Waals surface area contributed by atoms with Crippen LogP contribution in [0.1, 0.15) is 78.1 Å². The van der Waals surface area contributed by atoms with E-state index in [4.69, 9.17) is 5.11 Å². The van der Waals surface area contributed by atoms with Crippen LogP contribution in [0.5, 0.6) is 0 Å². The van der Waals surface area contributed by atoms with Crippen LogP contribution in [0.2, 0.25) is 0 Å². The van der Waals surface area contributed by atoms with Gasteiger partial charge in [0.2, 0.25) is 5.91 Å². The van der Waals surface area contributed by atoms with E-state index in [0.29, 0.717) is 38.0 Å². The van der Waals surface area contributed by atoms with Gasteiger partial charge in [-0.1, -0.05) is 38.2 Å². The van der Waals surface area contributed by atoms with Crippen LogP contribution in [0.15, 0.2) is 24.3 Å². The maximum Gasteiger partial charge on any atom is 0.305 e. The lowest BCUT2D eigenvalue weighted by atomic mass is 9.89. The average Bonchev–Trinajstić information content (AvgIpc) is 3.35. The fourth-order valence-electron chi connectivity index (χ4n) is 4.71. The molecular weight excluding hydrogens is 434 g/mol. The van der Waals surface area contributed by atoms with Crippen molar-refractivity contribution in [3.05, 3.63) is 24.3 Å². The Morgan fingerprint density at radius 3 is 1.85 bits per heavy atom. The van der Waals surface area contributed by atoms with Crippen molar-refractivity contribution in [2.45, 2.75) is 78.1 Å². The first-order valence-corrected chi connectivity index (χ1v) is 12.7.